The number of hydrogen-bond donors (Lipinski definition) is 2. The minimum absolute atomic E-state index is 0.0176. The second-order valence-corrected chi connectivity index (χ2v) is 6.21. The van der Waals surface area contributed by atoms with E-state index < -0.39 is 17.8 Å². The van der Waals surface area contributed by atoms with Crippen LogP contribution in [0.3, 0.4) is 0 Å². The van der Waals surface area contributed by atoms with E-state index in [-0.39, 0.29) is 17.7 Å². The van der Waals surface area contributed by atoms with Crippen LogP contribution in [0.1, 0.15) is 6.42 Å². The van der Waals surface area contributed by atoms with E-state index in [1.54, 1.807) is 12.3 Å². The van der Waals surface area contributed by atoms with Crippen molar-refractivity contribution in [2.45, 2.75) is 6.42 Å². The van der Waals surface area contributed by atoms with Gasteiger partial charge in [0.1, 0.15) is 0 Å². The van der Waals surface area contributed by atoms with Crippen molar-refractivity contribution in [2.75, 3.05) is 5.32 Å². The van der Waals surface area contributed by atoms with Crippen molar-refractivity contribution >= 4 is 28.5 Å². The van der Waals surface area contributed by atoms with E-state index in [2.05, 4.69) is 10.3 Å². The molecule has 1 fully saturated rings. The van der Waals surface area contributed by atoms with Gasteiger partial charge in [-0.25, -0.2) is 0 Å². The van der Waals surface area contributed by atoms with Crippen LogP contribution in [0, 0.1) is 23.7 Å². The lowest BCUT2D eigenvalue weighted by Gasteiger charge is -2.24. The van der Waals surface area contributed by atoms with Crippen LogP contribution >= 0.6 is 0 Å². The lowest BCUT2D eigenvalue weighted by molar-refractivity contribution is -0.146. The van der Waals surface area contributed by atoms with E-state index >= 15 is 0 Å². The summed E-state index contributed by atoms with van der Waals surface area (Å²) >= 11 is 0. The highest BCUT2D eigenvalue weighted by Gasteiger charge is 2.51. The summed E-state index contributed by atoms with van der Waals surface area (Å²) in [5.41, 5.74) is 1.35. The first-order chi connectivity index (χ1) is 11.1. The number of aromatic nitrogens is 1. The van der Waals surface area contributed by atoms with E-state index in [1.807, 2.05) is 36.4 Å². The number of benzene rings is 1. The van der Waals surface area contributed by atoms with Gasteiger partial charge in [0.2, 0.25) is 5.91 Å². The minimum atomic E-state index is -0.891. The molecule has 2 N–H and O–H groups in total. The van der Waals surface area contributed by atoms with E-state index in [0.29, 0.717) is 11.2 Å². The van der Waals surface area contributed by atoms with E-state index in [1.165, 1.54) is 0 Å². The van der Waals surface area contributed by atoms with Gasteiger partial charge in [0.05, 0.1) is 23.0 Å². The van der Waals surface area contributed by atoms with Crippen molar-refractivity contribution in [3.05, 3.63) is 48.7 Å². The second-order valence-electron chi connectivity index (χ2n) is 6.21. The number of para-hydroxylation sites is 1. The molecular formula is C18H16N2O3. The summed E-state index contributed by atoms with van der Waals surface area (Å²) in [6.07, 6.45) is 6.35. The quantitative estimate of drug-likeness (QED) is 0.854. The number of aliphatic carboxylic acids is 1. The highest BCUT2D eigenvalue weighted by Crippen LogP contribution is 2.48. The highest BCUT2D eigenvalue weighted by atomic mass is 16.4. The summed E-state index contributed by atoms with van der Waals surface area (Å²) < 4.78 is 0. The normalized spacial score (nSPS) is 28.2. The molecule has 0 spiro atoms. The third-order valence-corrected chi connectivity index (χ3v) is 4.94. The zero-order chi connectivity index (χ0) is 16.0. The summed E-state index contributed by atoms with van der Waals surface area (Å²) in [6.45, 7) is 0. The summed E-state index contributed by atoms with van der Waals surface area (Å²) in [7, 11) is 0. The standard InChI is InChI=1S/C18H16N2O3/c21-17(14-11-6-7-12(9-11)15(14)18(22)23)20-13-5-1-3-10-4-2-8-19-16(10)13/h1-8,11-12,14-15H,9H2,(H,20,21)(H,22,23)/t11?,12?,14-,15+/m1/s1. The number of rotatable bonds is 3. The maximum absolute atomic E-state index is 12.7. The van der Waals surface area contributed by atoms with Gasteiger partial charge >= 0.3 is 5.97 Å². The van der Waals surface area contributed by atoms with Crippen LogP contribution < -0.4 is 5.32 Å². The predicted molar refractivity (Wildman–Crippen MR) is 85.7 cm³/mol. The molecule has 0 saturated heterocycles. The Kier molecular flexibility index (Phi) is 3.15. The SMILES string of the molecule is O=C(Nc1cccc2cccnc12)[C@@H]1C2C=CC(C2)[C@@H]1C(=O)O. The van der Waals surface area contributed by atoms with Crippen LogP contribution in [-0.4, -0.2) is 22.0 Å². The summed E-state index contributed by atoms with van der Waals surface area (Å²) in [4.78, 5) is 28.6. The Balaban J connectivity index is 1.65. The summed E-state index contributed by atoms with van der Waals surface area (Å²) in [5.74, 6) is -2.28. The Morgan fingerprint density at radius 1 is 1.09 bits per heavy atom. The van der Waals surface area contributed by atoms with Crippen molar-refractivity contribution in [3.8, 4) is 0 Å². The van der Waals surface area contributed by atoms with E-state index in [4.69, 9.17) is 0 Å². The molecule has 1 aromatic heterocycles. The van der Waals surface area contributed by atoms with Crippen LogP contribution in [0.2, 0.25) is 0 Å². The molecule has 1 amide bonds. The lowest BCUT2D eigenvalue weighted by Crippen LogP contribution is -2.36. The van der Waals surface area contributed by atoms with E-state index in [0.717, 1.165) is 11.8 Å². The Morgan fingerprint density at radius 3 is 2.61 bits per heavy atom. The fraction of sp³-hybridized carbons (Fsp3) is 0.278. The molecule has 116 valence electrons. The molecule has 5 heteroatoms. The van der Waals surface area contributed by atoms with Gasteiger partial charge < -0.3 is 10.4 Å². The van der Waals surface area contributed by atoms with Gasteiger partial charge in [-0.2, -0.15) is 0 Å². The van der Waals surface area contributed by atoms with Gasteiger partial charge in [-0.05, 0) is 30.4 Å². The van der Waals surface area contributed by atoms with Crippen LogP contribution in [-0.2, 0) is 9.59 Å². The largest absolute Gasteiger partial charge is 0.481 e. The van der Waals surface area contributed by atoms with Crippen molar-refractivity contribution in [2.24, 2.45) is 23.7 Å². The molecular weight excluding hydrogens is 292 g/mol. The second kappa shape index (κ2) is 5.19. The molecule has 0 aliphatic heterocycles. The van der Waals surface area contributed by atoms with Crippen LogP contribution in [0.15, 0.2) is 48.7 Å². The number of carbonyl (C=O) groups is 2. The fourth-order valence-electron chi connectivity index (χ4n) is 3.94. The summed E-state index contributed by atoms with van der Waals surface area (Å²) in [6, 6.07) is 9.35. The first kappa shape index (κ1) is 13.9. The van der Waals surface area contributed by atoms with Gasteiger partial charge in [0.25, 0.3) is 0 Å². The minimum Gasteiger partial charge on any atom is -0.481 e. The summed E-state index contributed by atoms with van der Waals surface area (Å²) in [5, 5.41) is 13.3. The number of carboxylic acid groups (broad SMARTS) is 1. The van der Waals surface area contributed by atoms with Crippen LogP contribution in [0.25, 0.3) is 10.9 Å². The Bertz CT molecular complexity index is 825. The van der Waals surface area contributed by atoms with Gasteiger partial charge in [-0.15, -0.1) is 0 Å². The molecule has 2 unspecified atom stereocenters. The predicted octanol–water partition coefficient (Wildman–Crippen LogP) is 2.70. The van der Waals surface area contributed by atoms with Gasteiger partial charge in [0, 0.05) is 11.6 Å². The molecule has 1 aromatic carbocycles. The molecule has 1 heterocycles. The van der Waals surface area contributed by atoms with Gasteiger partial charge in [0.15, 0.2) is 0 Å². The first-order valence-corrected chi connectivity index (χ1v) is 7.71. The number of allylic oxidation sites excluding steroid dienone is 2. The number of carboxylic acids is 1. The Hall–Kier alpha value is -2.69. The van der Waals surface area contributed by atoms with Crippen LogP contribution in [0.4, 0.5) is 5.69 Å². The third kappa shape index (κ3) is 2.20. The van der Waals surface area contributed by atoms with Crippen molar-refractivity contribution in [1.29, 1.82) is 0 Å². The lowest BCUT2D eigenvalue weighted by atomic mass is 9.82. The molecule has 1 saturated carbocycles. The number of nitrogens with zero attached hydrogens (tertiary/aromatic N) is 1. The zero-order valence-electron chi connectivity index (χ0n) is 12.3. The number of amides is 1. The molecule has 0 radical (unpaired) electrons. The van der Waals surface area contributed by atoms with Crippen molar-refractivity contribution in [3.63, 3.8) is 0 Å². The number of fused-ring (bicyclic) bond motifs is 3. The number of pyridine rings is 1. The smallest absolute Gasteiger partial charge is 0.307 e. The number of carbonyl (C=O) groups excluding carboxylic acids is 1. The average Bonchev–Trinajstić information content (AvgIpc) is 3.16. The van der Waals surface area contributed by atoms with E-state index in [9.17, 15) is 14.7 Å². The highest BCUT2D eigenvalue weighted by molar-refractivity contribution is 6.02. The first-order valence-electron chi connectivity index (χ1n) is 7.71. The number of anilines is 1. The molecule has 4 atom stereocenters. The van der Waals surface area contributed by atoms with Crippen molar-refractivity contribution < 1.29 is 14.7 Å². The molecule has 2 aromatic rings. The third-order valence-electron chi connectivity index (χ3n) is 4.94. The molecule has 23 heavy (non-hydrogen) atoms. The molecule has 4 rings (SSSR count). The van der Waals surface area contributed by atoms with Gasteiger partial charge in [-0.1, -0.05) is 30.4 Å². The Morgan fingerprint density at radius 2 is 1.83 bits per heavy atom. The van der Waals surface area contributed by atoms with Crippen LogP contribution in [0.5, 0.6) is 0 Å². The number of nitrogens with one attached hydrogen (secondary N) is 1. The maximum atomic E-state index is 12.7. The fourth-order valence-corrected chi connectivity index (χ4v) is 3.94. The maximum Gasteiger partial charge on any atom is 0.307 e. The Labute approximate surface area is 133 Å². The van der Waals surface area contributed by atoms with Crippen molar-refractivity contribution in [1.82, 2.24) is 4.98 Å². The topological polar surface area (TPSA) is 79.3 Å². The average molecular weight is 308 g/mol. The number of hydrogen-bond acceptors (Lipinski definition) is 3. The molecule has 2 bridgehead atoms. The molecule has 5 nitrogen and oxygen atoms in total. The molecule has 2 aliphatic rings. The van der Waals surface area contributed by atoms with Gasteiger partial charge in [-0.3, -0.25) is 14.6 Å². The zero-order valence-corrected chi connectivity index (χ0v) is 12.3. The monoisotopic (exact) mass is 308 g/mol. The molecule has 2 aliphatic carbocycles.